The highest BCUT2D eigenvalue weighted by molar-refractivity contribution is 14.1. The van der Waals surface area contributed by atoms with Gasteiger partial charge in [0.1, 0.15) is 12.1 Å². The lowest BCUT2D eigenvalue weighted by molar-refractivity contribution is -0.131. The summed E-state index contributed by atoms with van der Waals surface area (Å²) in [5, 5.41) is 11.8. The van der Waals surface area contributed by atoms with E-state index in [2.05, 4.69) is 27.9 Å². The monoisotopic (exact) mass is 445 g/mol. The van der Waals surface area contributed by atoms with Gasteiger partial charge in [-0.2, -0.15) is 0 Å². The molecule has 0 radical (unpaired) electrons. The lowest BCUT2D eigenvalue weighted by atomic mass is 10.0. The van der Waals surface area contributed by atoms with Crippen LogP contribution in [0.15, 0.2) is 24.3 Å². The molecule has 7 nitrogen and oxygen atoms in total. The topological polar surface area (TPSA) is 113 Å². The molecule has 130 valence electrons. The molecule has 3 amide bonds. The van der Waals surface area contributed by atoms with E-state index in [9.17, 15) is 19.5 Å². The number of nitrogens with zero attached hydrogens (tertiary/aromatic N) is 1. The lowest BCUT2D eigenvalue weighted by Crippen LogP contribution is -2.56. The molecule has 1 aromatic carbocycles. The molecule has 8 heteroatoms. The molecule has 0 aliphatic carbocycles. The van der Waals surface area contributed by atoms with E-state index in [1.807, 2.05) is 24.3 Å². The molecular formula is C16H20IN3O4. The number of carboxylic acid groups (broad SMARTS) is 1. The smallest absolute Gasteiger partial charge is 0.407 e. The molecule has 0 saturated carbocycles. The van der Waals surface area contributed by atoms with Crippen LogP contribution in [-0.2, 0) is 16.0 Å². The zero-order chi connectivity index (χ0) is 17.7. The van der Waals surface area contributed by atoms with Crippen molar-refractivity contribution in [3.8, 4) is 0 Å². The largest absolute Gasteiger partial charge is 0.465 e. The van der Waals surface area contributed by atoms with Gasteiger partial charge in [0.2, 0.25) is 11.8 Å². The van der Waals surface area contributed by atoms with Crippen molar-refractivity contribution in [2.24, 2.45) is 5.73 Å². The summed E-state index contributed by atoms with van der Waals surface area (Å²) in [6, 6.07) is 5.92. The molecule has 1 fully saturated rings. The predicted octanol–water partition coefficient (Wildman–Crippen LogP) is 1.34. The minimum absolute atomic E-state index is 0.276. The molecule has 2 rings (SSSR count). The summed E-state index contributed by atoms with van der Waals surface area (Å²) in [6.07, 6.45) is 1.12. The second-order valence-electron chi connectivity index (χ2n) is 5.78. The Kier molecular flexibility index (Phi) is 6.41. The molecule has 0 aromatic heterocycles. The molecule has 0 bridgehead atoms. The summed E-state index contributed by atoms with van der Waals surface area (Å²) >= 11 is 2.18. The molecule has 0 spiro atoms. The van der Waals surface area contributed by atoms with Gasteiger partial charge in [0.25, 0.3) is 0 Å². The number of carbonyl (C=O) groups is 3. The Balaban J connectivity index is 2.06. The predicted molar refractivity (Wildman–Crippen MR) is 96.4 cm³/mol. The van der Waals surface area contributed by atoms with E-state index in [0.717, 1.165) is 26.9 Å². The minimum atomic E-state index is -1.12. The SMILES string of the molecule is NC(=O)C(Cc1ccc(I)cc1)NC(=O)C1CCCCN1C(=O)O. The fourth-order valence-corrected chi connectivity index (χ4v) is 3.14. The first-order valence-corrected chi connectivity index (χ1v) is 8.80. The fourth-order valence-electron chi connectivity index (χ4n) is 2.78. The van der Waals surface area contributed by atoms with E-state index >= 15 is 0 Å². The molecule has 24 heavy (non-hydrogen) atoms. The van der Waals surface area contributed by atoms with Gasteiger partial charge in [0.15, 0.2) is 0 Å². The number of primary amides is 1. The van der Waals surface area contributed by atoms with Crippen molar-refractivity contribution in [3.05, 3.63) is 33.4 Å². The second kappa shape index (κ2) is 8.32. The summed E-state index contributed by atoms with van der Waals surface area (Å²) < 4.78 is 1.07. The van der Waals surface area contributed by atoms with Gasteiger partial charge < -0.3 is 16.2 Å². The summed E-state index contributed by atoms with van der Waals surface area (Å²) in [5.74, 6) is -1.11. The molecule has 4 N–H and O–H groups in total. The summed E-state index contributed by atoms with van der Waals surface area (Å²) in [4.78, 5) is 36.5. The van der Waals surface area contributed by atoms with E-state index < -0.39 is 30.0 Å². The highest BCUT2D eigenvalue weighted by atomic mass is 127. The average Bonchev–Trinajstić information content (AvgIpc) is 2.56. The van der Waals surface area contributed by atoms with Crippen molar-refractivity contribution < 1.29 is 19.5 Å². The maximum absolute atomic E-state index is 12.4. The van der Waals surface area contributed by atoms with Crippen LogP contribution in [0.3, 0.4) is 0 Å². The number of benzene rings is 1. The van der Waals surface area contributed by atoms with Gasteiger partial charge in [-0.3, -0.25) is 14.5 Å². The van der Waals surface area contributed by atoms with Crippen molar-refractivity contribution in [2.75, 3.05) is 6.54 Å². The van der Waals surface area contributed by atoms with Crippen LogP contribution in [0.2, 0.25) is 0 Å². The third-order valence-electron chi connectivity index (χ3n) is 4.06. The Hall–Kier alpha value is -1.84. The Bertz CT molecular complexity index is 620. The van der Waals surface area contributed by atoms with Crippen LogP contribution in [-0.4, -0.2) is 46.5 Å². The molecule has 1 aliphatic heterocycles. The van der Waals surface area contributed by atoms with Crippen molar-refractivity contribution in [3.63, 3.8) is 0 Å². The van der Waals surface area contributed by atoms with Gasteiger partial charge in [0.05, 0.1) is 0 Å². The molecular weight excluding hydrogens is 425 g/mol. The van der Waals surface area contributed by atoms with Crippen LogP contribution in [0.5, 0.6) is 0 Å². The first kappa shape index (κ1) is 18.5. The lowest BCUT2D eigenvalue weighted by Gasteiger charge is -2.33. The van der Waals surface area contributed by atoms with Crippen LogP contribution in [0.1, 0.15) is 24.8 Å². The summed E-state index contributed by atoms with van der Waals surface area (Å²) in [7, 11) is 0. The first-order chi connectivity index (χ1) is 11.4. The number of halogens is 1. The molecule has 2 unspecified atom stereocenters. The number of piperidine rings is 1. The van der Waals surface area contributed by atoms with Crippen LogP contribution < -0.4 is 11.1 Å². The van der Waals surface area contributed by atoms with E-state index in [1.54, 1.807) is 0 Å². The summed E-state index contributed by atoms with van der Waals surface area (Å²) in [6.45, 7) is 0.325. The van der Waals surface area contributed by atoms with Crippen molar-refractivity contribution in [1.82, 2.24) is 10.2 Å². The normalized spacial score (nSPS) is 18.7. The number of hydrogen-bond donors (Lipinski definition) is 3. The number of nitrogens with two attached hydrogens (primary N) is 1. The Morgan fingerprint density at radius 1 is 1.29 bits per heavy atom. The number of nitrogens with one attached hydrogen (secondary N) is 1. The van der Waals surface area contributed by atoms with Crippen molar-refractivity contribution in [2.45, 2.75) is 37.8 Å². The van der Waals surface area contributed by atoms with E-state index in [0.29, 0.717) is 13.0 Å². The average molecular weight is 445 g/mol. The number of hydrogen-bond acceptors (Lipinski definition) is 3. The first-order valence-electron chi connectivity index (χ1n) is 7.72. The fraction of sp³-hybridized carbons (Fsp3) is 0.438. The Morgan fingerprint density at radius 3 is 2.54 bits per heavy atom. The zero-order valence-corrected chi connectivity index (χ0v) is 15.2. The summed E-state index contributed by atoms with van der Waals surface area (Å²) in [5.41, 5.74) is 6.28. The highest BCUT2D eigenvalue weighted by Gasteiger charge is 2.33. The zero-order valence-electron chi connectivity index (χ0n) is 13.1. The molecule has 1 saturated heterocycles. The van der Waals surface area contributed by atoms with Crippen LogP contribution in [0.4, 0.5) is 4.79 Å². The van der Waals surface area contributed by atoms with Crippen LogP contribution >= 0.6 is 22.6 Å². The number of rotatable bonds is 5. The standard InChI is InChI=1S/C16H20IN3O4/c17-11-6-4-10(5-7-11)9-12(14(18)21)19-15(22)13-3-1-2-8-20(13)16(23)24/h4-7,12-13H,1-3,8-9H2,(H2,18,21)(H,19,22)(H,23,24). The third-order valence-corrected chi connectivity index (χ3v) is 4.78. The van der Waals surface area contributed by atoms with Gasteiger partial charge in [-0.15, -0.1) is 0 Å². The van der Waals surface area contributed by atoms with Crippen LogP contribution in [0, 0.1) is 3.57 Å². The quantitative estimate of drug-likeness (QED) is 0.594. The number of amides is 3. The van der Waals surface area contributed by atoms with E-state index in [4.69, 9.17) is 5.73 Å². The van der Waals surface area contributed by atoms with Crippen LogP contribution in [0.25, 0.3) is 0 Å². The van der Waals surface area contributed by atoms with Gasteiger partial charge in [-0.25, -0.2) is 4.79 Å². The maximum atomic E-state index is 12.4. The van der Waals surface area contributed by atoms with Crippen molar-refractivity contribution >= 4 is 40.5 Å². The minimum Gasteiger partial charge on any atom is -0.465 e. The number of likely N-dealkylation sites (tertiary alicyclic amines) is 1. The molecule has 1 heterocycles. The van der Waals surface area contributed by atoms with Gasteiger partial charge >= 0.3 is 6.09 Å². The van der Waals surface area contributed by atoms with Crippen molar-refractivity contribution in [1.29, 1.82) is 0 Å². The highest BCUT2D eigenvalue weighted by Crippen LogP contribution is 2.18. The Morgan fingerprint density at radius 2 is 1.96 bits per heavy atom. The maximum Gasteiger partial charge on any atom is 0.407 e. The second-order valence-corrected chi connectivity index (χ2v) is 7.03. The third kappa shape index (κ3) is 4.83. The Labute approximate surface area is 153 Å². The molecule has 1 aliphatic rings. The van der Waals surface area contributed by atoms with Gasteiger partial charge in [-0.1, -0.05) is 12.1 Å². The molecule has 1 aromatic rings. The van der Waals surface area contributed by atoms with E-state index in [-0.39, 0.29) is 6.42 Å². The molecule has 2 atom stereocenters. The van der Waals surface area contributed by atoms with Gasteiger partial charge in [0, 0.05) is 16.5 Å². The van der Waals surface area contributed by atoms with E-state index in [1.165, 1.54) is 0 Å². The number of carbonyl (C=O) groups excluding carboxylic acids is 2. The van der Waals surface area contributed by atoms with Gasteiger partial charge in [-0.05, 0) is 59.5 Å².